The van der Waals surface area contributed by atoms with Gasteiger partial charge in [-0.1, -0.05) is 25.6 Å². The molecule has 0 radical (unpaired) electrons. The van der Waals surface area contributed by atoms with Gasteiger partial charge >= 0.3 is 0 Å². The van der Waals surface area contributed by atoms with Crippen molar-refractivity contribution in [1.82, 2.24) is 5.32 Å². The number of hydrogen-bond donors (Lipinski definition) is 3. The molecule has 1 fully saturated rings. The number of thioether (sulfide) groups is 1. The molecule has 0 aromatic heterocycles. The highest BCUT2D eigenvalue weighted by molar-refractivity contribution is 7.99. The maximum atomic E-state index is 12.3. The Bertz CT molecular complexity index is 543. The number of rotatable bonds is 7. The topological polar surface area (TPSA) is 37.7 Å². The van der Waals surface area contributed by atoms with Gasteiger partial charge in [0.1, 0.15) is 19.2 Å². The fraction of sp³-hybridized carbons (Fsp3) is 0.588. The van der Waals surface area contributed by atoms with Crippen molar-refractivity contribution in [2.24, 2.45) is 5.92 Å². The summed E-state index contributed by atoms with van der Waals surface area (Å²) in [6, 6.07) is 6.78. The molecule has 4 nitrogen and oxygen atoms in total. The van der Waals surface area contributed by atoms with Crippen molar-refractivity contribution < 1.29 is 18.4 Å². The molecular formula is C17H26F2N3OS2+. The Morgan fingerprint density at radius 1 is 1.36 bits per heavy atom. The number of alkyl halides is 2. The molecule has 140 valence electrons. The lowest BCUT2D eigenvalue weighted by Gasteiger charge is -2.31. The van der Waals surface area contributed by atoms with Crippen LogP contribution in [0, 0.1) is 5.92 Å². The van der Waals surface area contributed by atoms with E-state index in [1.54, 1.807) is 29.2 Å². The summed E-state index contributed by atoms with van der Waals surface area (Å²) in [4.78, 5) is 2.10. The quantitative estimate of drug-likeness (QED) is 0.492. The minimum atomic E-state index is -2.41. The summed E-state index contributed by atoms with van der Waals surface area (Å²) in [7, 11) is 0. The fourth-order valence-corrected chi connectivity index (χ4v) is 3.55. The minimum absolute atomic E-state index is 0.145. The van der Waals surface area contributed by atoms with Crippen LogP contribution in [0.1, 0.15) is 13.8 Å². The van der Waals surface area contributed by atoms with Gasteiger partial charge in [0.25, 0.3) is 5.76 Å². The second kappa shape index (κ2) is 10.3. The molecule has 1 saturated heterocycles. The monoisotopic (exact) mass is 390 g/mol. The predicted molar refractivity (Wildman–Crippen MR) is 103 cm³/mol. The van der Waals surface area contributed by atoms with Crippen LogP contribution in [0.3, 0.4) is 0 Å². The number of ether oxygens (including phenoxy) is 1. The van der Waals surface area contributed by atoms with Crippen LogP contribution >= 0.6 is 24.0 Å². The van der Waals surface area contributed by atoms with Crippen LogP contribution in [0.25, 0.3) is 0 Å². The average Bonchev–Trinajstić information content (AvgIpc) is 2.54. The third-order valence-corrected chi connectivity index (χ3v) is 4.82. The first kappa shape index (κ1) is 20.4. The highest BCUT2D eigenvalue weighted by atomic mass is 32.2. The molecule has 2 rings (SSSR count). The van der Waals surface area contributed by atoms with Crippen molar-refractivity contribution in [2.75, 3.05) is 38.1 Å². The molecule has 1 unspecified atom stereocenters. The Kier molecular flexibility index (Phi) is 8.35. The Labute approximate surface area is 157 Å². The number of benzene rings is 1. The Morgan fingerprint density at radius 3 is 2.72 bits per heavy atom. The van der Waals surface area contributed by atoms with Gasteiger partial charge in [-0.2, -0.15) is 8.78 Å². The molecule has 0 spiro atoms. The highest BCUT2D eigenvalue weighted by Crippen LogP contribution is 2.26. The molecule has 2 atom stereocenters. The van der Waals surface area contributed by atoms with Crippen molar-refractivity contribution in [1.29, 1.82) is 0 Å². The molecule has 1 heterocycles. The van der Waals surface area contributed by atoms with Gasteiger partial charge in [-0.25, -0.2) is 0 Å². The molecule has 1 aromatic rings. The van der Waals surface area contributed by atoms with E-state index < -0.39 is 5.76 Å². The van der Waals surface area contributed by atoms with Crippen molar-refractivity contribution in [3.05, 3.63) is 24.3 Å². The van der Waals surface area contributed by atoms with Gasteiger partial charge in [-0.15, -0.1) is 0 Å². The summed E-state index contributed by atoms with van der Waals surface area (Å²) in [5.74, 6) is -1.73. The smallest absolute Gasteiger partial charge is 0.288 e. The maximum absolute atomic E-state index is 12.3. The highest BCUT2D eigenvalue weighted by Gasteiger charge is 2.24. The molecule has 0 amide bonds. The molecular weight excluding hydrogens is 364 g/mol. The SMILES string of the molecule is CC(C)C[NH+]1CCO[C@H](CNC(=S)Nc2ccc(SC(F)F)cc2)C1. The molecule has 1 aliphatic rings. The van der Waals surface area contributed by atoms with Gasteiger partial charge in [-0.05, 0) is 36.5 Å². The van der Waals surface area contributed by atoms with E-state index in [0.717, 1.165) is 31.9 Å². The molecule has 0 saturated carbocycles. The molecule has 3 N–H and O–H groups in total. The standard InChI is InChI=1S/C17H25F2N3OS2/c1-12(2)10-22-7-8-23-14(11-22)9-20-17(24)21-13-3-5-15(6-4-13)25-16(18)19/h3-6,12,14,16H,7-11H2,1-2H3,(H2,20,21,24)/p+1/t14-/m1/s1. The third-order valence-electron chi connectivity index (χ3n) is 3.85. The number of morpholine rings is 1. The zero-order valence-corrected chi connectivity index (χ0v) is 16.2. The van der Waals surface area contributed by atoms with Crippen LogP contribution in [-0.2, 0) is 4.74 Å². The summed E-state index contributed by atoms with van der Waals surface area (Å²) in [6.07, 6.45) is 0.145. The maximum Gasteiger partial charge on any atom is 0.288 e. The number of quaternary nitrogens is 1. The molecule has 8 heteroatoms. The van der Waals surface area contributed by atoms with E-state index in [1.165, 1.54) is 0 Å². The molecule has 0 bridgehead atoms. The first-order valence-electron chi connectivity index (χ1n) is 8.47. The second-order valence-corrected chi connectivity index (χ2v) is 8.00. The van der Waals surface area contributed by atoms with E-state index in [0.29, 0.717) is 34.2 Å². The fourth-order valence-electron chi connectivity index (χ4n) is 2.85. The zero-order valence-electron chi connectivity index (χ0n) is 14.6. The summed E-state index contributed by atoms with van der Waals surface area (Å²) < 4.78 is 30.4. The van der Waals surface area contributed by atoms with E-state index >= 15 is 0 Å². The average molecular weight is 391 g/mol. The van der Waals surface area contributed by atoms with Gasteiger partial charge in [0.2, 0.25) is 0 Å². The number of thiocarbonyl (C=S) groups is 1. The van der Waals surface area contributed by atoms with Gasteiger partial charge < -0.3 is 20.3 Å². The predicted octanol–water partition coefficient (Wildman–Crippen LogP) is 2.23. The van der Waals surface area contributed by atoms with Gasteiger partial charge in [0, 0.05) is 23.0 Å². The van der Waals surface area contributed by atoms with Crippen LogP contribution in [0.2, 0.25) is 0 Å². The van der Waals surface area contributed by atoms with Crippen LogP contribution in [0.15, 0.2) is 29.2 Å². The van der Waals surface area contributed by atoms with Crippen molar-refractivity contribution >= 4 is 34.8 Å². The molecule has 0 aliphatic carbocycles. The van der Waals surface area contributed by atoms with E-state index in [1.807, 2.05) is 0 Å². The first-order chi connectivity index (χ1) is 11.9. The number of halogens is 2. The van der Waals surface area contributed by atoms with Crippen LogP contribution in [0.5, 0.6) is 0 Å². The Hall–Kier alpha value is -0.960. The Morgan fingerprint density at radius 2 is 2.08 bits per heavy atom. The minimum Gasteiger partial charge on any atom is -0.365 e. The number of anilines is 1. The van der Waals surface area contributed by atoms with E-state index in [4.69, 9.17) is 17.0 Å². The first-order valence-corrected chi connectivity index (χ1v) is 9.76. The van der Waals surface area contributed by atoms with E-state index in [-0.39, 0.29) is 6.10 Å². The van der Waals surface area contributed by atoms with Gasteiger partial charge in [0.05, 0.1) is 13.2 Å². The third kappa shape index (κ3) is 7.85. The lowest BCUT2D eigenvalue weighted by Crippen LogP contribution is -3.15. The molecule has 1 aromatic carbocycles. The van der Waals surface area contributed by atoms with Crippen LogP contribution in [0.4, 0.5) is 14.5 Å². The molecule has 25 heavy (non-hydrogen) atoms. The normalized spacial score (nSPS) is 20.7. The number of hydrogen-bond acceptors (Lipinski definition) is 3. The van der Waals surface area contributed by atoms with Gasteiger partial charge in [-0.3, -0.25) is 0 Å². The van der Waals surface area contributed by atoms with E-state index in [9.17, 15) is 8.78 Å². The van der Waals surface area contributed by atoms with Crippen molar-refractivity contribution in [2.45, 2.75) is 30.6 Å². The van der Waals surface area contributed by atoms with Gasteiger partial charge in [0.15, 0.2) is 5.11 Å². The van der Waals surface area contributed by atoms with Crippen molar-refractivity contribution in [3.63, 3.8) is 0 Å². The van der Waals surface area contributed by atoms with Crippen molar-refractivity contribution in [3.8, 4) is 0 Å². The lowest BCUT2D eigenvalue weighted by atomic mass is 10.2. The Balaban J connectivity index is 1.73. The van der Waals surface area contributed by atoms with Crippen LogP contribution < -0.4 is 15.5 Å². The summed E-state index contributed by atoms with van der Waals surface area (Å²) >= 11 is 5.83. The zero-order chi connectivity index (χ0) is 18.2. The lowest BCUT2D eigenvalue weighted by molar-refractivity contribution is -0.914. The van der Waals surface area contributed by atoms with Crippen LogP contribution in [-0.4, -0.2) is 49.8 Å². The summed E-state index contributed by atoms with van der Waals surface area (Å²) in [6.45, 7) is 9.10. The largest absolute Gasteiger partial charge is 0.365 e. The second-order valence-electron chi connectivity index (χ2n) is 6.53. The number of nitrogens with one attached hydrogen (secondary N) is 3. The summed E-state index contributed by atoms with van der Waals surface area (Å²) in [5.41, 5.74) is 0.771. The summed E-state index contributed by atoms with van der Waals surface area (Å²) in [5, 5.41) is 6.75. The molecule has 1 aliphatic heterocycles. The van der Waals surface area contributed by atoms with E-state index in [2.05, 4.69) is 24.5 Å².